The molecule has 154 valence electrons. The van der Waals surface area contributed by atoms with Crippen molar-refractivity contribution in [2.75, 3.05) is 0 Å². The molecule has 0 aliphatic heterocycles. The van der Waals surface area contributed by atoms with E-state index in [1.165, 1.54) is 0 Å². The van der Waals surface area contributed by atoms with Crippen LogP contribution < -0.4 is 5.32 Å². The van der Waals surface area contributed by atoms with E-state index in [4.69, 9.17) is 11.6 Å². The molecule has 3 rings (SSSR count). The zero-order chi connectivity index (χ0) is 21.0. The van der Waals surface area contributed by atoms with Crippen LogP contribution in [0.1, 0.15) is 56.4 Å². The molecule has 0 radical (unpaired) electrons. The van der Waals surface area contributed by atoms with Gasteiger partial charge in [0.05, 0.1) is 6.54 Å². The van der Waals surface area contributed by atoms with Crippen molar-refractivity contribution in [3.05, 3.63) is 41.2 Å². The Hall–Kier alpha value is -2.47. The van der Waals surface area contributed by atoms with E-state index in [-0.39, 0.29) is 41.7 Å². The van der Waals surface area contributed by atoms with Gasteiger partial charge < -0.3 is 9.88 Å². The van der Waals surface area contributed by atoms with Gasteiger partial charge in [0.15, 0.2) is 5.78 Å². The average molecular weight is 416 g/mol. The minimum Gasteiger partial charge on any atom is -0.348 e. The summed E-state index contributed by atoms with van der Waals surface area (Å²) < 4.78 is 1.72. The number of nitrogens with one attached hydrogen (secondary N) is 1. The van der Waals surface area contributed by atoms with Gasteiger partial charge in [-0.2, -0.15) is 0 Å². The number of hydrogen-bond acceptors (Lipinski definition) is 4. The molecule has 1 saturated carbocycles. The number of halogens is 1. The number of rotatable bonds is 7. The van der Waals surface area contributed by atoms with Gasteiger partial charge >= 0.3 is 0 Å². The summed E-state index contributed by atoms with van der Waals surface area (Å²) in [6.07, 6.45) is 4.38. The Morgan fingerprint density at radius 1 is 1.28 bits per heavy atom. The highest BCUT2D eigenvalue weighted by Gasteiger charge is 2.23. The van der Waals surface area contributed by atoms with E-state index < -0.39 is 0 Å². The molecule has 7 heteroatoms. The first-order chi connectivity index (χ1) is 13.8. The fourth-order valence-corrected chi connectivity index (χ4v) is 3.75. The second-order valence-corrected chi connectivity index (χ2v) is 8.45. The Kier molecular flexibility index (Phi) is 6.85. The Balaban J connectivity index is 1.84. The maximum Gasteiger partial charge on any atom is 0.271 e. The molecule has 1 fully saturated rings. The molecule has 2 aromatic rings. The smallest absolute Gasteiger partial charge is 0.271 e. The molecule has 29 heavy (non-hydrogen) atoms. The van der Waals surface area contributed by atoms with Crippen LogP contribution in [0.3, 0.4) is 0 Å². The van der Waals surface area contributed by atoms with E-state index in [2.05, 4.69) is 10.3 Å². The first-order valence-corrected chi connectivity index (χ1v) is 10.4. The van der Waals surface area contributed by atoms with Gasteiger partial charge in [-0.3, -0.25) is 14.4 Å². The normalized spacial score (nSPS) is 15.0. The Morgan fingerprint density at radius 2 is 2.00 bits per heavy atom. The number of hydrogen-bond donors (Lipinski definition) is 1. The molecule has 1 aromatic heterocycles. The van der Waals surface area contributed by atoms with Crippen molar-refractivity contribution in [1.29, 1.82) is 0 Å². The van der Waals surface area contributed by atoms with Crippen molar-refractivity contribution in [3.8, 4) is 11.4 Å². The van der Waals surface area contributed by atoms with E-state index in [0.29, 0.717) is 43.0 Å². The number of imidazole rings is 1. The molecular formula is C22H26ClN3O3. The van der Waals surface area contributed by atoms with Crippen LogP contribution in [0.25, 0.3) is 11.4 Å². The molecule has 0 atom stereocenters. The third-order valence-electron chi connectivity index (χ3n) is 4.95. The molecule has 0 unspecified atom stereocenters. The standard InChI is InChI=1S/C22H26ClN3O3/c1-14(2)10-19(28)12-26-13-20(22(29)24-17-6-8-18(27)9-7-17)25-21(26)15-4-3-5-16(23)11-15/h3-5,11,13-14,17H,6-10,12H2,1-2H3,(H,24,29). The highest BCUT2D eigenvalue weighted by Crippen LogP contribution is 2.23. The summed E-state index contributed by atoms with van der Waals surface area (Å²) in [5.41, 5.74) is 1.01. The lowest BCUT2D eigenvalue weighted by molar-refractivity contribution is -0.121. The number of carbonyl (C=O) groups excluding carboxylic acids is 3. The van der Waals surface area contributed by atoms with E-state index in [1.54, 1.807) is 22.9 Å². The van der Waals surface area contributed by atoms with Crippen LogP contribution in [0, 0.1) is 5.92 Å². The van der Waals surface area contributed by atoms with E-state index in [9.17, 15) is 14.4 Å². The molecule has 1 N–H and O–H groups in total. The predicted octanol–water partition coefficient (Wildman–Crippen LogP) is 4.06. The molecular weight excluding hydrogens is 390 g/mol. The van der Waals surface area contributed by atoms with Gasteiger partial charge in [0, 0.05) is 42.1 Å². The molecule has 6 nitrogen and oxygen atoms in total. The molecule has 0 spiro atoms. The molecule has 0 saturated heterocycles. The topological polar surface area (TPSA) is 81.1 Å². The Bertz CT molecular complexity index is 910. The molecule has 1 aliphatic carbocycles. The van der Waals surface area contributed by atoms with Crippen molar-refractivity contribution in [1.82, 2.24) is 14.9 Å². The Morgan fingerprint density at radius 3 is 2.66 bits per heavy atom. The number of Topliss-reactive ketones (excluding diaryl/α,β-unsaturated/α-hetero) is 2. The quantitative estimate of drug-likeness (QED) is 0.739. The molecule has 1 amide bonds. The first-order valence-electron chi connectivity index (χ1n) is 9.99. The van der Waals surface area contributed by atoms with Gasteiger partial charge in [-0.05, 0) is 30.9 Å². The lowest BCUT2D eigenvalue weighted by Gasteiger charge is -2.21. The van der Waals surface area contributed by atoms with E-state index >= 15 is 0 Å². The zero-order valence-electron chi connectivity index (χ0n) is 16.8. The summed E-state index contributed by atoms with van der Waals surface area (Å²) in [5.74, 6) is 0.832. The molecule has 0 bridgehead atoms. The summed E-state index contributed by atoms with van der Waals surface area (Å²) in [6, 6.07) is 7.17. The van der Waals surface area contributed by atoms with Crippen LogP contribution in [0.15, 0.2) is 30.5 Å². The zero-order valence-corrected chi connectivity index (χ0v) is 17.5. The van der Waals surface area contributed by atoms with Gasteiger partial charge in [-0.15, -0.1) is 0 Å². The fourth-order valence-electron chi connectivity index (χ4n) is 3.56. The maximum atomic E-state index is 12.7. The number of ketones is 2. The van der Waals surface area contributed by atoms with E-state index in [0.717, 1.165) is 5.56 Å². The summed E-state index contributed by atoms with van der Waals surface area (Å²) >= 11 is 6.12. The van der Waals surface area contributed by atoms with Gasteiger partial charge in [0.2, 0.25) is 0 Å². The molecule has 1 heterocycles. The van der Waals surface area contributed by atoms with Crippen LogP contribution in [-0.4, -0.2) is 33.1 Å². The van der Waals surface area contributed by atoms with Crippen LogP contribution >= 0.6 is 11.6 Å². The average Bonchev–Trinajstić information content (AvgIpc) is 3.06. The summed E-state index contributed by atoms with van der Waals surface area (Å²) in [7, 11) is 0. The second-order valence-electron chi connectivity index (χ2n) is 8.01. The van der Waals surface area contributed by atoms with Crippen molar-refractivity contribution in [2.45, 2.75) is 58.5 Å². The first kappa shape index (κ1) is 21.2. The van der Waals surface area contributed by atoms with E-state index in [1.807, 2.05) is 26.0 Å². The van der Waals surface area contributed by atoms with Crippen LogP contribution in [-0.2, 0) is 16.1 Å². The number of amides is 1. The van der Waals surface area contributed by atoms with Gasteiger partial charge in [-0.25, -0.2) is 4.98 Å². The van der Waals surface area contributed by atoms with Crippen LogP contribution in [0.5, 0.6) is 0 Å². The predicted molar refractivity (Wildman–Crippen MR) is 112 cm³/mol. The fraction of sp³-hybridized carbons (Fsp3) is 0.455. The minimum atomic E-state index is -0.289. The van der Waals surface area contributed by atoms with Crippen LogP contribution in [0.2, 0.25) is 5.02 Å². The van der Waals surface area contributed by atoms with Gasteiger partial charge in [-0.1, -0.05) is 37.6 Å². The van der Waals surface area contributed by atoms with Crippen LogP contribution in [0.4, 0.5) is 0 Å². The van der Waals surface area contributed by atoms with Gasteiger partial charge in [0.25, 0.3) is 5.91 Å². The maximum absolute atomic E-state index is 12.7. The molecule has 1 aliphatic rings. The third kappa shape index (κ3) is 5.76. The number of carbonyl (C=O) groups is 3. The minimum absolute atomic E-state index is 0.0254. The van der Waals surface area contributed by atoms with Gasteiger partial charge in [0.1, 0.15) is 17.3 Å². The number of nitrogens with zero attached hydrogens (tertiary/aromatic N) is 2. The van der Waals surface area contributed by atoms with Crippen molar-refractivity contribution in [3.63, 3.8) is 0 Å². The molecule has 1 aromatic carbocycles. The van der Waals surface area contributed by atoms with Crippen molar-refractivity contribution >= 4 is 29.1 Å². The lowest BCUT2D eigenvalue weighted by Crippen LogP contribution is -2.37. The SMILES string of the molecule is CC(C)CC(=O)Cn1cc(C(=O)NC2CCC(=O)CC2)nc1-c1cccc(Cl)c1. The number of aromatic nitrogens is 2. The third-order valence-corrected chi connectivity index (χ3v) is 5.19. The highest BCUT2D eigenvalue weighted by atomic mass is 35.5. The summed E-state index contributed by atoms with van der Waals surface area (Å²) in [5, 5.41) is 3.53. The van der Waals surface area contributed by atoms with Crippen molar-refractivity contribution in [2.24, 2.45) is 5.92 Å². The highest BCUT2D eigenvalue weighted by molar-refractivity contribution is 6.30. The number of benzene rings is 1. The second kappa shape index (κ2) is 9.35. The summed E-state index contributed by atoms with van der Waals surface area (Å²) in [4.78, 5) is 41.0. The monoisotopic (exact) mass is 415 g/mol. The largest absolute Gasteiger partial charge is 0.348 e. The lowest BCUT2D eigenvalue weighted by atomic mass is 9.94. The summed E-state index contributed by atoms with van der Waals surface area (Å²) in [6.45, 7) is 4.15. The van der Waals surface area contributed by atoms with Crippen molar-refractivity contribution < 1.29 is 14.4 Å². The Labute approximate surface area is 175 Å².